The summed E-state index contributed by atoms with van der Waals surface area (Å²) in [6.07, 6.45) is 8.30. The number of aryl methyl sites for hydroxylation is 1. The van der Waals surface area contributed by atoms with Crippen molar-refractivity contribution in [1.29, 1.82) is 0 Å². The third-order valence-corrected chi connectivity index (χ3v) is 6.74. The first kappa shape index (κ1) is 19.6. The van der Waals surface area contributed by atoms with E-state index in [1.165, 1.54) is 28.2 Å². The normalized spacial score (nSPS) is 19.3. The number of nitrogens with one attached hydrogen (secondary N) is 3. The van der Waals surface area contributed by atoms with Gasteiger partial charge in [-0.3, -0.25) is 10.2 Å². The number of anilines is 1. The molecule has 29 heavy (non-hydrogen) atoms. The summed E-state index contributed by atoms with van der Waals surface area (Å²) < 4.78 is 0. The van der Waals surface area contributed by atoms with Gasteiger partial charge in [0.25, 0.3) is 5.91 Å². The number of hydrazine groups is 1. The molecule has 2 aliphatic rings. The van der Waals surface area contributed by atoms with E-state index >= 15 is 0 Å². The van der Waals surface area contributed by atoms with Crippen LogP contribution in [0.4, 0.5) is 10.7 Å². The highest BCUT2D eigenvalue weighted by Gasteiger charge is 2.23. The molecule has 1 aliphatic heterocycles. The van der Waals surface area contributed by atoms with Gasteiger partial charge in [0.2, 0.25) is 5.95 Å². The Morgan fingerprint density at radius 1 is 1.14 bits per heavy atom. The minimum atomic E-state index is -0.386. The lowest BCUT2D eigenvalue weighted by Crippen LogP contribution is -2.52. The van der Waals surface area contributed by atoms with E-state index in [0.717, 1.165) is 44.7 Å². The van der Waals surface area contributed by atoms with Crippen LogP contribution in [0, 0.1) is 5.92 Å². The van der Waals surface area contributed by atoms with Crippen LogP contribution >= 0.6 is 11.3 Å². The number of rotatable bonds is 3. The van der Waals surface area contributed by atoms with Crippen LogP contribution in [0.15, 0.2) is 24.5 Å². The number of aromatic nitrogens is 2. The summed E-state index contributed by atoms with van der Waals surface area (Å²) in [5, 5.41) is 2.92. The number of urea groups is 1. The van der Waals surface area contributed by atoms with Gasteiger partial charge in [-0.2, -0.15) is 0 Å². The summed E-state index contributed by atoms with van der Waals surface area (Å²) in [4.78, 5) is 37.1. The van der Waals surface area contributed by atoms with Gasteiger partial charge in [0, 0.05) is 36.4 Å². The quantitative estimate of drug-likeness (QED) is 0.669. The van der Waals surface area contributed by atoms with Crippen LogP contribution in [0.5, 0.6) is 0 Å². The predicted octanol–water partition coefficient (Wildman–Crippen LogP) is 2.28. The molecule has 1 atom stereocenters. The van der Waals surface area contributed by atoms with E-state index in [1.807, 2.05) is 6.07 Å². The molecule has 1 unspecified atom stereocenters. The average molecular weight is 415 g/mol. The SMILES string of the molecule is CC1CCc2sc(C(=O)NNC(=O)NC3CCN(c4ncccn4)CC3)cc2C1. The number of fused-ring (bicyclic) bond motifs is 1. The van der Waals surface area contributed by atoms with Gasteiger partial charge in [-0.05, 0) is 55.7 Å². The number of hydrogen-bond donors (Lipinski definition) is 3. The highest BCUT2D eigenvalue weighted by molar-refractivity contribution is 7.14. The lowest BCUT2D eigenvalue weighted by atomic mass is 9.90. The zero-order valence-corrected chi connectivity index (χ0v) is 17.3. The van der Waals surface area contributed by atoms with Gasteiger partial charge in [-0.25, -0.2) is 20.2 Å². The number of carbonyl (C=O) groups is 2. The first-order valence-electron chi connectivity index (χ1n) is 10.1. The molecule has 4 rings (SSSR count). The molecule has 1 saturated heterocycles. The standard InChI is InChI=1S/C20H26N6O2S/c1-13-3-4-16-14(11-13)12-17(29-16)18(27)24-25-20(28)23-15-5-9-26(10-6-15)19-21-7-2-8-22-19/h2,7-8,12-13,15H,3-6,9-11H2,1H3,(H,24,27)(H2,23,25,28). The third-order valence-electron chi connectivity index (χ3n) is 5.51. The summed E-state index contributed by atoms with van der Waals surface area (Å²) >= 11 is 1.53. The molecule has 154 valence electrons. The minimum Gasteiger partial charge on any atom is -0.341 e. The zero-order valence-electron chi connectivity index (χ0n) is 16.5. The van der Waals surface area contributed by atoms with Crippen molar-refractivity contribution >= 4 is 29.2 Å². The van der Waals surface area contributed by atoms with Crippen molar-refractivity contribution in [3.05, 3.63) is 39.8 Å². The van der Waals surface area contributed by atoms with Crippen molar-refractivity contribution in [2.24, 2.45) is 5.92 Å². The van der Waals surface area contributed by atoms with Crippen LogP contribution in [0.3, 0.4) is 0 Å². The maximum absolute atomic E-state index is 12.4. The van der Waals surface area contributed by atoms with Gasteiger partial charge in [0.15, 0.2) is 0 Å². The smallest absolute Gasteiger partial charge is 0.333 e. The van der Waals surface area contributed by atoms with E-state index in [0.29, 0.717) is 10.8 Å². The molecule has 3 heterocycles. The van der Waals surface area contributed by atoms with Crippen LogP contribution in [0.2, 0.25) is 0 Å². The molecule has 9 heteroatoms. The van der Waals surface area contributed by atoms with Crippen molar-refractivity contribution < 1.29 is 9.59 Å². The molecular weight excluding hydrogens is 388 g/mol. The highest BCUT2D eigenvalue weighted by atomic mass is 32.1. The van der Waals surface area contributed by atoms with Crippen LogP contribution in [0.1, 0.15) is 46.3 Å². The van der Waals surface area contributed by atoms with Crippen LogP contribution in [0.25, 0.3) is 0 Å². The van der Waals surface area contributed by atoms with Gasteiger partial charge >= 0.3 is 6.03 Å². The largest absolute Gasteiger partial charge is 0.341 e. The number of amides is 3. The fourth-order valence-electron chi connectivity index (χ4n) is 3.89. The van der Waals surface area contributed by atoms with E-state index in [2.05, 4.69) is 38.0 Å². The Morgan fingerprint density at radius 3 is 2.66 bits per heavy atom. The maximum Gasteiger partial charge on any atom is 0.333 e. The number of hydrogen-bond acceptors (Lipinski definition) is 6. The lowest BCUT2D eigenvalue weighted by molar-refractivity contribution is 0.0939. The summed E-state index contributed by atoms with van der Waals surface area (Å²) in [5.74, 6) is 1.12. The Bertz CT molecular complexity index is 863. The predicted molar refractivity (Wildman–Crippen MR) is 112 cm³/mol. The van der Waals surface area contributed by atoms with Crippen LogP contribution in [-0.2, 0) is 12.8 Å². The third kappa shape index (κ3) is 4.84. The number of nitrogens with zero attached hydrogens (tertiary/aromatic N) is 3. The van der Waals surface area contributed by atoms with Crippen molar-refractivity contribution in [3.8, 4) is 0 Å². The van der Waals surface area contributed by atoms with Crippen molar-refractivity contribution in [2.45, 2.75) is 45.1 Å². The van der Waals surface area contributed by atoms with Gasteiger partial charge in [0.1, 0.15) is 0 Å². The highest BCUT2D eigenvalue weighted by Crippen LogP contribution is 2.32. The summed E-state index contributed by atoms with van der Waals surface area (Å²) in [6, 6.07) is 3.43. The summed E-state index contributed by atoms with van der Waals surface area (Å²) in [7, 11) is 0. The van der Waals surface area contributed by atoms with E-state index in [9.17, 15) is 9.59 Å². The van der Waals surface area contributed by atoms with Crippen LogP contribution < -0.4 is 21.1 Å². The Kier molecular flexibility index (Phi) is 5.94. The van der Waals surface area contributed by atoms with E-state index < -0.39 is 0 Å². The topological polar surface area (TPSA) is 99.2 Å². The van der Waals surface area contributed by atoms with Gasteiger partial charge in [-0.15, -0.1) is 11.3 Å². The Labute approximate surface area is 174 Å². The lowest BCUT2D eigenvalue weighted by Gasteiger charge is -2.32. The van der Waals surface area contributed by atoms with Crippen molar-refractivity contribution in [3.63, 3.8) is 0 Å². The van der Waals surface area contributed by atoms with E-state index in [1.54, 1.807) is 18.5 Å². The first-order valence-corrected chi connectivity index (χ1v) is 10.9. The van der Waals surface area contributed by atoms with E-state index in [-0.39, 0.29) is 18.0 Å². The fraction of sp³-hybridized carbons (Fsp3) is 0.500. The molecular formula is C20H26N6O2S. The molecule has 1 aliphatic carbocycles. The van der Waals surface area contributed by atoms with Crippen molar-refractivity contribution in [1.82, 2.24) is 26.1 Å². The Balaban J connectivity index is 1.21. The molecule has 0 bridgehead atoms. The zero-order chi connectivity index (χ0) is 20.2. The van der Waals surface area contributed by atoms with Gasteiger partial charge in [0.05, 0.1) is 4.88 Å². The molecule has 3 N–H and O–H groups in total. The number of piperidine rings is 1. The molecule has 3 amide bonds. The Morgan fingerprint density at radius 2 is 1.90 bits per heavy atom. The molecule has 0 spiro atoms. The Hall–Kier alpha value is -2.68. The van der Waals surface area contributed by atoms with Crippen LogP contribution in [-0.4, -0.2) is 41.0 Å². The summed E-state index contributed by atoms with van der Waals surface area (Å²) in [5.41, 5.74) is 6.28. The molecule has 2 aromatic heterocycles. The molecule has 8 nitrogen and oxygen atoms in total. The van der Waals surface area contributed by atoms with Gasteiger partial charge in [-0.1, -0.05) is 6.92 Å². The number of thiophene rings is 1. The second-order valence-corrected chi connectivity index (χ2v) is 8.91. The second-order valence-electron chi connectivity index (χ2n) is 7.77. The first-order chi connectivity index (χ1) is 14.1. The second kappa shape index (κ2) is 8.77. The molecule has 1 fully saturated rings. The molecule has 2 aromatic rings. The fourth-order valence-corrected chi connectivity index (χ4v) is 5.00. The van der Waals surface area contributed by atoms with Crippen molar-refractivity contribution in [2.75, 3.05) is 18.0 Å². The maximum atomic E-state index is 12.4. The number of carbonyl (C=O) groups excluding carboxylic acids is 2. The summed E-state index contributed by atoms with van der Waals surface area (Å²) in [6.45, 7) is 3.80. The molecule has 0 aromatic carbocycles. The molecule has 0 radical (unpaired) electrons. The van der Waals surface area contributed by atoms with Gasteiger partial charge < -0.3 is 10.2 Å². The molecule has 0 saturated carbocycles. The minimum absolute atomic E-state index is 0.0578. The monoisotopic (exact) mass is 414 g/mol. The van der Waals surface area contributed by atoms with E-state index in [4.69, 9.17) is 0 Å². The average Bonchev–Trinajstić information content (AvgIpc) is 3.16.